The highest BCUT2D eigenvalue weighted by molar-refractivity contribution is 9.10. The fourth-order valence-electron chi connectivity index (χ4n) is 3.14. The third kappa shape index (κ3) is 3.16. The van der Waals surface area contributed by atoms with E-state index in [2.05, 4.69) is 36.7 Å². The Hall–Kier alpha value is -1.94. The van der Waals surface area contributed by atoms with Crippen molar-refractivity contribution in [2.24, 2.45) is 5.41 Å². The summed E-state index contributed by atoms with van der Waals surface area (Å²) < 4.78 is 0.940. The van der Waals surface area contributed by atoms with Gasteiger partial charge in [0.15, 0.2) is 0 Å². The summed E-state index contributed by atoms with van der Waals surface area (Å²) in [6.07, 6.45) is 0.703. The molecule has 2 aromatic rings. The smallest absolute Gasteiger partial charge is 0.262 e. The van der Waals surface area contributed by atoms with E-state index in [1.54, 1.807) is 24.3 Å². The van der Waals surface area contributed by atoms with E-state index in [-0.39, 0.29) is 23.3 Å². The summed E-state index contributed by atoms with van der Waals surface area (Å²) in [6.45, 7) is 6.36. The van der Waals surface area contributed by atoms with Crippen molar-refractivity contribution in [2.45, 2.75) is 33.2 Å². The average molecular weight is 386 g/mol. The van der Waals surface area contributed by atoms with Gasteiger partial charge in [0.1, 0.15) is 0 Å². The van der Waals surface area contributed by atoms with E-state index >= 15 is 0 Å². The van der Waals surface area contributed by atoms with Crippen LogP contribution in [0.25, 0.3) is 0 Å². The first-order valence-electron chi connectivity index (χ1n) is 8.00. The molecule has 0 N–H and O–H groups in total. The molecule has 0 spiro atoms. The Kier molecular flexibility index (Phi) is 4.35. The predicted molar refractivity (Wildman–Crippen MR) is 97.9 cm³/mol. The molecule has 0 bridgehead atoms. The van der Waals surface area contributed by atoms with Crippen molar-refractivity contribution in [1.29, 1.82) is 0 Å². The van der Waals surface area contributed by atoms with Crippen LogP contribution in [0.4, 0.5) is 0 Å². The molecule has 0 radical (unpaired) electrons. The number of benzene rings is 2. The first kappa shape index (κ1) is 16.9. The third-order valence-electron chi connectivity index (χ3n) is 4.18. The van der Waals surface area contributed by atoms with Crippen LogP contribution < -0.4 is 0 Å². The third-order valence-corrected chi connectivity index (χ3v) is 4.67. The summed E-state index contributed by atoms with van der Waals surface area (Å²) in [4.78, 5) is 27.2. The molecule has 0 aliphatic carbocycles. The first-order chi connectivity index (χ1) is 11.3. The van der Waals surface area contributed by atoms with Crippen LogP contribution in [0.2, 0.25) is 0 Å². The van der Waals surface area contributed by atoms with Crippen LogP contribution in [-0.2, 0) is 0 Å². The van der Waals surface area contributed by atoms with Crippen LogP contribution in [-0.4, -0.2) is 16.7 Å². The van der Waals surface area contributed by atoms with Crippen molar-refractivity contribution in [3.05, 3.63) is 69.7 Å². The largest absolute Gasteiger partial charge is 0.269 e. The fraction of sp³-hybridized carbons (Fsp3) is 0.300. The lowest BCUT2D eigenvalue weighted by Crippen LogP contribution is -2.36. The van der Waals surface area contributed by atoms with E-state index in [1.165, 1.54) is 4.90 Å². The number of carbonyl (C=O) groups is 2. The minimum absolute atomic E-state index is 0.0255. The maximum Gasteiger partial charge on any atom is 0.262 e. The van der Waals surface area contributed by atoms with E-state index in [0.29, 0.717) is 17.5 Å². The normalized spacial score (nSPS) is 15.6. The Bertz CT molecular complexity index is 772. The zero-order chi connectivity index (χ0) is 17.5. The van der Waals surface area contributed by atoms with Gasteiger partial charge in [0.25, 0.3) is 11.8 Å². The maximum atomic E-state index is 12.9. The number of nitrogens with zero attached hydrogens (tertiary/aromatic N) is 1. The van der Waals surface area contributed by atoms with Crippen LogP contribution in [0.15, 0.2) is 53.0 Å². The number of rotatable bonds is 3. The molecule has 2 amide bonds. The van der Waals surface area contributed by atoms with Crippen LogP contribution in [0.3, 0.4) is 0 Å². The molecule has 0 saturated heterocycles. The Labute approximate surface area is 150 Å². The summed E-state index contributed by atoms with van der Waals surface area (Å²) >= 11 is 3.49. The average Bonchev–Trinajstić information content (AvgIpc) is 2.76. The van der Waals surface area contributed by atoms with Gasteiger partial charge < -0.3 is 0 Å². The molecule has 4 heteroatoms. The highest BCUT2D eigenvalue weighted by atomic mass is 79.9. The van der Waals surface area contributed by atoms with Crippen LogP contribution in [0.1, 0.15) is 59.5 Å². The molecular weight excluding hydrogens is 366 g/mol. The van der Waals surface area contributed by atoms with Gasteiger partial charge in [-0.2, -0.15) is 0 Å². The molecule has 2 aromatic carbocycles. The summed E-state index contributed by atoms with van der Waals surface area (Å²) in [5, 5.41) is 0. The minimum atomic E-state index is -0.283. The molecule has 24 heavy (non-hydrogen) atoms. The van der Waals surface area contributed by atoms with Gasteiger partial charge in [-0.3, -0.25) is 14.5 Å². The molecule has 3 rings (SSSR count). The Balaban J connectivity index is 2.07. The number of hydrogen-bond acceptors (Lipinski definition) is 2. The molecule has 1 unspecified atom stereocenters. The lowest BCUT2D eigenvalue weighted by molar-refractivity contribution is 0.0543. The van der Waals surface area contributed by atoms with E-state index in [1.807, 2.05) is 24.3 Å². The van der Waals surface area contributed by atoms with Crippen molar-refractivity contribution >= 4 is 27.7 Å². The second kappa shape index (κ2) is 6.17. The number of halogens is 1. The van der Waals surface area contributed by atoms with Gasteiger partial charge in [-0.05, 0) is 41.7 Å². The first-order valence-corrected chi connectivity index (χ1v) is 8.79. The summed E-state index contributed by atoms with van der Waals surface area (Å²) in [5.74, 6) is -0.408. The second-order valence-corrected chi connectivity index (χ2v) is 8.28. The highest BCUT2D eigenvalue weighted by Crippen LogP contribution is 2.39. The molecule has 1 aliphatic heterocycles. The fourth-order valence-corrected chi connectivity index (χ4v) is 3.56. The molecule has 124 valence electrons. The molecule has 0 saturated carbocycles. The summed E-state index contributed by atoms with van der Waals surface area (Å²) in [7, 11) is 0. The monoisotopic (exact) mass is 385 g/mol. The Morgan fingerprint density at radius 1 is 0.958 bits per heavy atom. The van der Waals surface area contributed by atoms with E-state index in [0.717, 1.165) is 10.0 Å². The highest BCUT2D eigenvalue weighted by Gasteiger charge is 2.41. The SMILES string of the molecule is CC(C)(C)CC(c1cccc(Br)c1)N1C(=O)c2ccccc2C1=O. The Morgan fingerprint density at radius 2 is 1.54 bits per heavy atom. The minimum Gasteiger partial charge on any atom is -0.269 e. The molecular formula is C20H20BrNO2. The van der Waals surface area contributed by atoms with Crippen LogP contribution in [0, 0.1) is 5.41 Å². The quantitative estimate of drug-likeness (QED) is 0.678. The number of fused-ring (bicyclic) bond motifs is 1. The van der Waals surface area contributed by atoms with Crippen LogP contribution >= 0.6 is 15.9 Å². The lowest BCUT2D eigenvalue weighted by atomic mass is 9.84. The zero-order valence-electron chi connectivity index (χ0n) is 14.0. The van der Waals surface area contributed by atoms with Gasteiger partial charge in [-0.1, -0.05) is 61.0 Å². The standard InChI is InChI=1S/C20H20BrNO2/c1-20(2,3)12-17(13-7-6-8-14(21)11-13)22-18(23)15-9-4-5-10-16(15)19(22)24/h4-11,17H,12H2,1-3H3. The number of hydrogen-bond donors (Lipinski definition) is 0. The van der Waals surface area contributed by atoms with Gasteiger partial charge in [-0.15, -0.1) is 0 Å². The topological polar surface area (TPSA) is 37.4 Å². The Morgan fingerprint density at radius 3 is 2.04 bits per heavy atom. The number of carbonyl (C=O) groups excluding carboxylic acids is 2. The van der Waals surface area contributed by atoms with Gasteiger partial charge in [0, 0.05) is 4.47 Å². The van der Waals surface area contributed by atoms with Gasteiger partial charge >= 0.3 is 0 Å². The maximum absolute atomic E-state index is 12.9. The van der Waals surface area contributed by atoms with E-state index in [4.69, 9.17) is 0 Å². The lowest BCUT2D eigenvalue weighted by Gasteiger charge is -2.32. The predicted octanol–water partition coefficient (Wildman–Crippen LogP) is 5.22. The van der Waals surface area contributed by atoms with Crippen molar-refractivity contribution < 1.29 is 9.59 Å². The van der Waals surface area contributed by atoms with Crippen LogP contribution in [0.5, 0.6) is 0 Å². The van der Waals surface area contributed by atoms with Crippen molar-refractivity contribution in [1.82, 2.24) is 4.90 Å². The van der Waals surface area contributed by atoms with Crippen molar-refractivity contribution in [3.8, 4) is 0 Å². The molecule has 0 aromatic heterocycles. The summed E-state index contributed by atoms with van der Waals surface area (Å²) in [5.41, 5.74) is 1.93. The zero-order valence-corrected chi connectivity index (χ0v) is 15.6. The van der Waals surface area contributed by atoms with Gasteiger partial charge in [0.2, 0.25) is 0 Å². The summed E-state index contributed by atoms with van der Waals surface area (Å²) in [6, 6.07) is 14.6. The van der Waals surface area contributed by atoms with Crippen molar-refractivity contribution in [3.63, 3.8) is 0 Å². The molecule has 3 nitrogen and oxygen atoms in total. The molecule has 1 atom stereocenters. The number of amides is 2. The van der Waals surface area contributed by atoms with Gasteiger partial charge in [-0.25, -0.2) is 0 Å². The molecule has 0 fully saturated rings. The second-order valence-electron chi connectivity index (χ2n) is 7.36. The molecule has 1 aliphatic rings. The molecule has 1 heterocycles. The van der Waals surface area contributed by atoms with E-state index in [9.17, 15) is 9.59 Å². The van der Waals surface area contributed by atoms with Gasteiger partial charge in [0.05, 0.1) is 17.2 Å². The number of imide groups is 1. The van der Waals surface area contributed by atoms with Crippen molar-refractivity contribution in [2.75, 3.05) is 0 Å². The van der Waals surface area contributed by atoms with E-state index < -0.39 is 0 Å².